The first-order valence-corrected chi connectivity index (χ1v) is 12.6. The van der Waals surface area contributed by atoms with E-state index < -0.39 is 55.4 Å². The maximum atomic E-state index is 11.8. The summed E-state index contributed by atoms with van der Waals surface area (Å²) in [6, 6.07) is 3.42. The number of anilines is 2. The lowest BCUT2D eigenvalue weighted by atomic mass is 10.1. The molecule has 0 aliphatic rings. The molecule has 170 valence electrons. The van der Waals surface area contributed by atoms with Crippen LogP contribution in [0.1, 0.15) is 11.1 Å². The van der Waals surface area contributed by atoms with Crippen LogP contribution in [-0.2, 0) is 39.0 Å². The molecule has 0 aliphatic carbocycles. The maximum Gasteiger partial charge on any atom is 0.397 e. The predicted octanol–water partition coefficient (Wildman–Crippen LogP) is -0.861. The summed E-state index contributed by atoms with van der Waals surface area (Å²) in [5, 5.41) is 14.6. The topological polar surface area (TPSA) is 222 Å². The smallest absolute Gasteiger partial charge is 0.369 e. The number of aryl methyl sites for hydroxylation is 1. The van der Waals surface area contributed by atoms with Gasteiger partial charge in [0.2, 0.25) is 0 Å². The zero-order valence-corrected chi connectivity index (χ0v) is 18.0. The Hall–Kier alpha value is -2.07. The van der Waals surface area contributed by atoms with Crippen molar-refractivity contribution < 1.29 is 42.7 Å². The number of nitrogens with one attached hydrogen (secondary N) is 2. The molecule has 17 heteroatoms. The summed E-state index contributed by atoms with van der Waals surface area (Å²) in [5.41, 5.74) is 0.667. The minimum Gasteiger partial charge on any atom is -0.369 e. The standard InChI is InChI=1S/C13H20N4O10S3/c1-10-8-12(15-3-6-28(18,19)7-5-27-30(23,24)25)17-13(11(10)9-14)16-2-4-26-29(20,21)22/h8H,2-7H2,1H3,(H2,15,16,17)(H,20,21,22)(H,23,24,25). The molecule has 1 aromatic heterocycles. The molecule has 1 aromatic rings. The zero-order valence-electron chi connectivity index (χ0n) is 15.6. The molecule has 0 aromatic carbocycles. The van der Waals surface area contributed by atoms with Crippen molar-refractivity contribution in [2.45, 2.75) is 6.92 Å². The van der Waals surface area contributed by atoms with Gasteiger partial charge in [-0.2, -0.15) is 22.1 Å². The Labute approximate surface area is 174 Å². The lowest BCUT2D eigenvalue weighted by Crippen LogP contribution is -2.22. The predicted molar refractivity (Wildman–Crippen MR) is 104 cm³/mol. The first-order chi connectivity index (χ1) is 13.7. The second-order valence-electron chi connectivity index (χ2n) is 5.66. The van der Waals surface area contributed by atoms with Gasteiger partial charge in [0, 0.05) is 13.1 Å². The summed E-state index contributed by atoms with van der Waals surface area (Å²) in [5.74, 6) is -0.722. The van der Waals surface area contributed by atoms with Crippen LogP contribution in [0, 0.1) is 18.3 Å². The molecule has 4 N–H and O–H groups in total. The van der Waals surface area contributed by atoms with Gasteiger partial charge >= 0.3 is 20.8 Å². The van der Waals surface area contributed by atoms with E-state index in [0.29, 0.717) is 5.56 Å². The molecule has 0 atom stereocenters. The Morgan fingerprint density at radius 3 is 2.17 bits per heavy atom. The van der Waals surface area contributed by atoms with Gasteiger partial charge < -0.3 is 10.6 Å². The third-order valence-corrected chi connectivity index (χ3v) is 5.84. The van der Waals surface area contributed by atoms with Crippen LogP contribution in [0.25, 0.3) is 0 Å². The van der Waals surface area contributed by atoms with Crippen LogP contribution in [-0.4, -0.2) is 77.2 Å². The van der Waals surface area contributed by atoms with Crippen LogP contribution in [0.5, 0.6) is 0 Å². The van der Waals surface area contributed by atoms with E-state index in [1.807, 2.05) is 6.07 Å². The zero-order chi connectivity index (χ0) is 23.0. The highest BCUT2D eigenvalue weighted by Gasteiger charge is 2.15. The first kappa shape index (κ1) is 26.0. The van der Waals surface area contributed by atoms with E-state index in [4.69, 9.17) is 9.11 Å². The minimum absolute atomic E-state index is 0.0864. The molecular weight excluding hydrogens is 468 g/mol. The highest BCUT2D eigenvalue weighted by atomic mass is 32.3. The van der Waals surface area contributed by atoms with Crippen LogP contribution in [0.4, 0.5) is 11.6 Å². The number of aromatic nitrogens is 1. The molecule has 0 saturated heterocycles. The van der Waals surface area contributed by atoms with Gasteiger partial charge in [-0.1, -0.05) is 0 Å². The normalized spacial score (nSPS) is 12.3. The fraction of sp³-hybridized carbons (Fsp3) is 0.538. The average molecular weight is 489 g/mol. The quantitative estimate of drug-likeness (QED) is 0.196. The molecule has 0 bridgehead atoms. The van der Waals surface area contributed by atoms with Gasteiger partial charge in [-0.15, -0.1) is 0 Å². The minimum atomic E-state index is -4.72. The van der Waals surface area contributed by atoms with Crippen LogP contribution in [0.3, 0.4) is 0 Å². The molecule has 30 heavy (non-hydrogen) atoms. The fourth-order valence-electron chi connectivity index (χ4n) is 2.05. The van der Waals surface area contributed by atoms with E-state index in [-0.39, 0.29) is 30.3 Å². The van der Waals surface area contributed by atoms with E-state index >= 15 is 0 Å². The Morgan fingerprint density at radius 1 is 1.00 bits per heavy atom. The van der Waals surface area contributed by atoms with Crippen molar-refractivity contribution in [2.24, 2.45) is 0 Å². The van der Waals surface area contributed by atoms with Gasteiger partial charge in [0.1, 0.15) is 17.7 Å². The van der Waals surface area contributed by atoms with Crippen LogP contribution >= 0.6 is 0 Å². The third kappa shape index (κ3) is 10.6. The first-order valence-electron chi connectivity index (χ1n) is 8.06. The van der Waals surface area contributed by atoms with Crippen LogP contribution < -0.4 is 10.6 Å². The number of rotatable bonds is 13. The van der Waals surface area contributed by atoms with E-state index in [1.165, 1.54) is 6.07 Å². The Bertz CT molecular complexity index is 1090. The van der Waals surface area contributed by atoms with Gasteiger partial charge in [0.25, 0.3) is 0 Å². The van der Waals surface area contributed by atoms with Crippen LogP contribution in [0.2, 0.25) is 0 Å². The number of sulfone groups is 1. The van der Waals surface area contributed by atoms with Crippen molar-refractivity contribution >= 4 is 42.3 Å². The molecule has 0 aliphatic heterocycles. The van der Waals surface area contributed by atoms with E-state index in [0.717, 1.165) is 0 Å². The largest absolute Gasteiger partial charge is 0.397 e. The lowest BCUT2D eigenvalue weighted by Gasteiger charge is -2.13. The molecule has 0 saturated carbocycles. The number of nitrogens with zero attached hydrogens (tertiary/aromatic N) is 2. The van der Waals surface area contributed by atoms with Crippen molar-refractivity contribution in [1.82, 2.24) is 4.98 Å². The summed E-state index contributed by atoms with van der Waals surface area (Å²) in [4.78, 5) is 4.11. The molecular formula is C13H20N4O10S3. The van der Waals surface area contributed by atoms with E-state index in [2.05, 4.69) is 24.0 Å². The summed E-state index contributed by atoms with van der Waals surface area (Å²) >= 11 is 0. The molecule has 1 heterocycles. The molecule has 14 nitrogen and oxygen atoms in total. The molecule has 0 amide bonds. The fourth-order valence-corrected chi connectivity index (χ4v) is 3.70. The molecule has 0 spiro atoms. The average Bonchev–Trinajstić information content (AvgIpc) is 2.56. The molecule has 0 unspecified atom stereocenters. The van der Waals surface area contributed by atoms with Crippen molar-refractivity contribution in [3.05, 3.63) is 17.2 Å². The third-order valence-electron chi connectivity index (χ3n) is 3.30. The molecule has 1 rings (SSSR count). The van der Waals surface area contributed by atoms with Crippen molar-refractivity contribution in [3.8, 4) is 6.07 Å². The van der Waals surface area contributed by atoms with Gasteiger partial charge in [0.05, 0.1) is 30.3 Å². The van der Waals surface area contributed by atoms with Gasteiger partial charge in [-0.3, -0.25) is 9.11 Å². The number of nitriles is 1. The van der Waals surface area contributed by atoms with Gasteiger partial charge in [0.15, 0.2) is 9.84 Å². The summed E-state index contributed by atoms with van der Waals surface area (Å²) in [6.45, 7) is 0.250. The van der Waals surface area contributed by atoms with E-state index in [1.54, 1.807) is 6.92 Å². The molecule has 0 fully saturated rings. The second-order valence-corrected chi connectivity index (χ2v) is 10.2. The summed E-state index contributed by atoms with van der Waals surface area (Å²) in [6.07, 6.45) is 0. The summed E-state index contributed by atoms with van der Waals surface area (Å²) in [7, 11) is -13.0. The lowest BCUT2D eigenvalue weighted by molar-refractivity contribution is 0.278. The number of pyridine rings is 1. The van der Waals surface area contributed by atoms with Gasteiger partial charge in [-0.05, 0) is 18.6 Å². The SMILES string of the molecule is Cc1cc(NCCS(=O)(=O)CCOS(=O)(=O)O)nc(NCCOS(=O)(=O)O)c1C#N. The Balaban J connectivity index is 2.69. The Kier molecular flexibility index (Phi) is 9.35. The highest BCUT2D eigenvalue weighted by molar-refractivity contribution is 7.91. The Morgan fingerprint density at radius 2 is 1.60 bits per heavy atom. The summed E-state index contributed by atoms with van der Waals surface area (Å²) < 4.78 is 90.6. The number of hydrogen-bond donors (Lipinski definition) is 4. The van der Waals surface area contributed by atoms with Crippen LogP contribution in [0.15, 0.2) is 6.07 Å². The monoisotopic (exact) mass is 488 g/mol. The van der Waals surface area contributed by atoms with Gasteiger partial charge in [-0.25, -0.2) is 21.8 Å². The number of hydrogen-bond acceptors (Lipinski definition) is 12. The second kappa shape index (κ2) is 10.8. The van der Waals surface area contributed by atoms with E-state index in [9.17, 15) is 30.5 Å². The maximum absolute atomic E-state index is 11.8. The highest BCUT2D eigenvalue weighted by Crippen LogP contribution is 2.20. The molecule has 0 radical (unpaired) electrons. The van der Waals surface area contributed by atoms with Crippen molar-refractivity contribution in [1.29, 1.82) is 5.26 Å². The van der Waals surface area contributed by atoms with Crippen molar-refractivity contribution in [3.63, 3.8) is 0 Å². The van der Waals surface area contributed by atoms with Crippen molar-refractivity contribution in [2.75, 3.05) is 48.4 Å².